The molecule has 1 saturated heterocycles. The van der Waals surface area contributed by atoms with Gasteiger partial charge in [0.15, 0.2) is 0 Å². The van der Waals surface area contributed by atoms with Gasteiger partial charge in [0.2, 0.25) is 5.91 Å². The molecule has 1 atom stereocenters. The number of thioether (sulfide) groups is 1. The van der Waals surface area contributed by atoms with E-state index in [4.69, 9.17) is 0 Å². The lowest BCUT2D eigenvalue weighted by Gasteiger charge is -2.22. The first-order chi connectivity index (χ1) is 10.8. The number of aromatic nitrogens is 2. The van der Waals surface area contributed by atoms with Crippen molar-refractivity contribution < 1.29 is 4.79 Å². The van der Waals surface area contributed by atoms with Crippen LogP contribution in [0.3, 0.4) is 0 Å². The van der Waals surface area contributed by atoms with Gasteiger partial charge in [-0.25, -0.2) is 4.68 Å². The third-order valence-electron chi connectivity index (χ3n) is 3.60. The number of amides is 1. The number of nitrogens with one attached hydrogen (secondary N) is 2. The molecule has 3 rings (SSSR count). The molecular formula is C16H20N4OS. The summed E-state index contributed by atoms with van der Waals surface area (Å²) in [4.78, 5) is 12.0. The monoisotopic (exact) mass is 316 g/mol. The molecule has 0 saturated carbocycles. The predicted molar refractivity (Wildman–Crippen MR) is 89.1 cm³/mol. The van der Waals surface area contributed by atoms with Gasteiger partial charge in [0.25, 0.3) is 0 Å². The van der Waals surface area contributed by atoms with Crippen molar-refractivity contribution in [2.75, 3.05) is 18.1 Å². The molecule has 1 aromatic carbocycles. The fourth-order valence-electron chi connectivity index (χ4n) is 2.48. The third-order valence-corrected chi connectivity index (χ3v) is 4.73. The van der Waals surface area contributed by atoms with E-state index in [1.54, 1.807) is 6.20 Å². The van der Waals surface area contributed by atoms with Crippen LogP contribution in [0.4, 0.5) is 0 Å². The quantitative estimate of drug-likeness (QED) is 0.879. The van der Waals surface area contributed by atoms with Gasteiger partial charge < -0.3 is 10.6 Å². The van der Waals surface area contributed by atoms with Crippen molar-refractivity contribution >= 4 is 17.7 Å². The SMILES string of the molecule is O=C(CC1CSCCN1)NCc1cccc(-n2cccn2)c1. The molecule has 22 heavy (non-hydrogen) atoms. The summed E-state index contributed by atoms with van der Waals surface area (Å²) in [7, 11) is 0. The molecule has 1 aliphatic rings. The zero-order valence-electron chi connectivity index (χ0n) is 12.4. The summed E-state index contributed by atoms with van der Waals surface area (Å²) in [5.41, 5.74) is 2.08. The second-order valence-corrected chi connectivity index (χ2v) is 6.48. The van der Waals surface area contributed by atoms with E-state index in [1.807, 2.05) is 53.0 Å². The highest BCUT2D eigenvalue weighted by molar-refractivity contribution is 7.99. The number of hydrogen-bond donors (Lipinski definition) is 2. The number of benzene rings is 1. The van der Waals surface area contributed by atoms with Crippen molar-refractivity contribution in [1.82, 2.24) is 20.4 Å². The average molecular weight is 316 g/mol. The minimum Gasteiger partial charge on any atom is -0.352 e. The van der Waals surface area contributed by atoms with Crippen molar-refractivity contribution in [3.8, 4) is 5.69 Å². The van der Waals surface area contributed by atoms with Gasteiger partial charge in [-0.2, -0.15) is 16.9 Å². The van der Waals surface area contributed by atoms with E-state index in [0.717, 1.165) is 29.3 Å². The Balaban J connectivity index is 1.52. The highest BCUT2D eigenvalue weighted by Gasteiger charge is 2.16. The van der Waals surface area contributed by atoms with Crippen LogP contribution in [0.25, 0.3) is 5.69 Å². The second kappa shape index (κ2) is 7.47. The van der Waals surface area contributed by atoms with E-state index >= 15 is 0 Å². The number of carbonyl (C=O) groups excluding carboxylic acids is 1. The maximum absolute atomic E-state index is 12.0. The Hall–Kier alpha value is -1.79. The Morgan fingerprint density at radius 1 is 1.45 bits per heavy atom. The number of nitrogens with zero attached hydrogens (tertiary/aromatic N) is 2. The first-order valence-corrected chi connectivity index (χ1v) is 8.63. The summed E-state index contributed by atoms with van der Waals surface area (Å²) in [6.45, 7) is 1.54. The fraction of sp³-hybridized carbons (Fsp3) is 0.375. The number of carbonyl (C=O) groups is 1. The molecule has 1 aromatic heterocycles. The normalized spacial score (nSPS) is 18.1. The Kier molecular flexibility index (Phi) is 5.13. The first kappa shape index (κ1) is 15.1. The predicted octanol–water partition coefficient (Wildman–Crippen LogP) is 1.58. The van der Waals surface area contributed by atoms with Gasteiger partial charge in [0.1, 0.15) is 0 Å². The molecule has 2 N–H and O–H groups in total. The molecule has 0 aliphatic carbocycles. The Labute approximate surface area is 134 Å². The minimum atomic E-state index is 0.101. The summed E-state index contributed by atoms with van der Waals surface area (Å²) in [5.74, 6) is 2.25. The van der Waals surface area contributed by atoms with Gasteiger partial charge >= 0.3 is 0 Å². The van der Waals surface area contributed by atoms with Crippen molar-refractivity contribution in [3.05, 3.63) is 48.3 Å². The maximum Gasteiger partial charge on any atom is 0.221 e. The van der Waals surface area contributed by atoms with E-state index in [0.29, 0.717) is 19.0 Å². The number of rotatable bonds is 5. The lowest BCUT2D eigenvalue weighted by atomic mass is 10.2. The van der Waals surface area contributed by atoms with Crippen molar-refractivity contribution in [2.24, 2.45) is 0 Å². The standard InChI is InChI=1S/C16H20N4OS/c21-16(10-14-12-22-8-6-17-14)18-11-13-3-1-4-15(9-13)20-7-2-5-19-20/h1-5,7,9,14,17H,6,8,10-12H2,(H,18,21). The van der Waals surface area contributed by atoms with Crippen LogP contribution >= 0.6 is 11.8 Å². The molecular weight excluding hydrogens is 296 g/mol. The van der Waals surface area contributed by atoms with Gasteiger partial charge in [-0.3, -0.25) is 4.79 Å². The highest BCUT2D eigenvalue weighted by atomic mass is 32.2. The Bertz CT molecular complexity index is 608. The van der Waals surface area contributed by atoms with E-state index in [1.165, 1.54) is 0 Å². The zero-order chi connectivity index (χ0) is 15.2. The fourth-order valence-corrected chi connectivity index (χ4v) is 3.43. The van der Waals surface area contributed by atoms with Crippen LogP contribution in [0.1, 0.15) is 12.0 Å². The molecule has 1 aliphatic heterocycles. The molecule has 116 valence electrons. The molecule has 2 aromatic rings. The summed E-state index contributed by atoms with van der Waals surface area (Å²) in [6.07, 6.45) is 4.21. The van der Waals surface area contributed by atoms with Crippen LogP contribution in [0.2, 0.25) is 0 Å². The van der Waals surface area contributed by atoms with E-state index in [9.17, 15) is 4.79 Å². The summed E-state index contributed by atoms with van der Waals surface area (Å²) in [5, 5.41) is 10.6. The summed E-state index contributed by atoms with van der Waals surface area (Å²) < 4.78 is 1.81. The lowest BCUT2D eigenvalue weighted by molar-refractivity contribution is -0.121. The van der Waals surface area contributed by atoms with Gasteiger partial charge in [-0.15, -0.1) is 0 Å². The third kappa shape index (κ3) is 4.11. The second-order valence-electron chi connectivity index (χ2n) is 5.33. The van der Waals surface area contributed by atoms with Crippen LogP contribution in [-0.4, -0.2) is 39.8 Å². The van der Waals surface area contributed by atoms with Gasteiger partial charge in [0, 0.05) is 49.5 Å². The van der Waals surface area contributed by atoms with Gasteiger partial charge in [-0.05, 0) is 23.8 Å². The molecule has 0 bridgehead atoms. The van der Waals surface area contributed by atoms with Crippen LogP contribution in [0, 0.1) is 0 Å². The van der Waals surface area contributed by atoms with Gasteiger partial charge in [0.05, 0.1) is 5.69 Å². The molecule has 1 amide bonds. The van der Waals surface area contributed by atoms with Crippen LogP contribution in [0.5, 0.6) is 0 Å². The van der Waals surface area contributed by atoms with Crippen LogP contribution in [-0.2, 0) is 11.3 Å². The Morgan fingerprint density at radius 2 is 2.41 bits per heavy atom. The van der Waals surface area contributed by atoms with E-state index < -0.39 is 0 Å². The molecule has 2 heterocycles. The van der Waals surface area contributed by atoms with Crippen molar-refractivity contribution in [1.29, 1.82) is 0 Å². The molecule has 0 spiro atoms. The topological polar surface area (TPSA) is 59.0 Å². The molecule has 5 nitrogen and oxygen atoms in total. The zero-order valence-corrected chi connectivity index (χ0v) is 13.2. The molecule has 0 radical (unpaired) electrons. The van der Waals surface area contributed by atoms with E-state index in [-0.39, 0.29) is 5.91 Å². The van der Waals surface area contributed by atoms with Crippen LogP contribution in [0.15, 0.2) is 42.7 Å². The summed E-state index contributed by atoms with van der Waals surface area (Å²) >= 11 is 1.91. The van der Waals surface area contributed by atoms with Crippen molar-refractivity contribution in [3.63, 3.8) is 0 Å². The first-order valence-electron chi connectivity index (χ1n) is 7.48. The van der Waals surface area contributed by atoms with Crippen LogP contribution < -0.4 is 10.6 Å². The van der Waals surface area contributed by atoms with Crippen molar-refractivity contribution in [2.45, 2.75) is 19.0 Å². The smallest absolute Gasteiger partial charge is 0.221 e. The maximum atomic E-state index is 12.0. The minimum absolute atomic E-state index is 0.101. The van der Waals surface area contributed by atoms with E-state index in [2.05, 4.69) is 15.7 Å². The van der Waals surface area contributed by atoms with Gasteiger partial charge in [-0.1, -0.05) is 12.1 Å². The summed E-state index contributed by atoms with van der Waals surface area (Å²) in [6, 6.07) is 10.2. The molecule has 6 heteroatoms. The number of hydrogen-bond acceptors (Lipinski definition) is 4. The largest absolute Gasteiger partial charge is 0.352 e. The lowest BCUT2D eigenvalue weighted by Crippen LogP contribution is -2.41. The molecule has 1 unspecified atom stereocenters. The molecule has 1 fully saturated rings. The average Bonchev–Trinajstić information content (AvgIpc) is 3.09. The Morgan fingerprint density at radius 3 is 3.18 bits per heavy atom. The highest BCUT2D eigenvalue weighted by Crippen LogP contribution is 2.11.